The first kappa shape index (κ1) is 19.1. The van der Waals surface area contributed by atoms with Crippen LogP contribution in [-0.4, -0.2) is 40.1 Å². The van der Waals surface area contributed by atoms with Crippen molar-refractivity contribution in [2.75, 3.05) is 24.6 Å². The summed E-state index contributed by atoms with van der Waals surface area (Å²) >= 11 is 0. The molecular weight excluding hydrogens is 370 g/mol. The minimum atomic E-state index is -3.75. The van der Waals surface area contributed by atoms with Crippen LogP contribution in [0.2, 0.25) is 0 Å². The van der Waals surface area contributed by atoms with Crippen LogP contribution in [0, 0.1) is 0 Å². The number of anilines is 1. The SMILES string of the molecule is CCN1C(=O)c2cccc3c(S(=O)(=O)NCCCCOC(N)=O)ccc1c23. The summed E-state index contributed by atoms with van der Waals surface area (Å²) in [5.41, 5.74) is 6.11. The van der Waals surface area contributed by atoms with Crippen molar-refractivity contribution in [1.29, 1.82) is 0 Å². The van der Waals surface area contributed by atoms with Crippen LogP contribution >= 0.6 is 0 Å². The number of rotatable bonds is 8. The smallest absolute Gasteiger partial charge is 0.404 e. The summed E-state index contributed by atoms with van der Waals surface area (Å²) in [6.45, 7) is 2.74. The molecule has 144 valence electrons. The van der Waals surface area contributed by atoms with Gasteiger partial charge in [-0.1, -0.05) is 12.1 Å². The molecule has 1 aliphatic heterocycles. The molecule has 0 fully saturated rings. The topological polar surface area (TPSA) is 119 Å². The highest BCUT2D eigenvalue weighted by Crippen LogP contribution is 2.39. The maximum Gasteiger partial charge on any atom is 0.404 e. The predicted molar refractivity (Wildman–Crippen MR) is 101 cm³/mol. The lowest BCUT2D eigenvalue weighted by atomic mass is 10.1. The fraction of sp³-hybridized carbons (Fsp3) is 0.333. The second-order valence-electron chi connectivity index (χ2n) is 6.13. The summed E-state index contributed by atoms with van der Waals surface area (Å²) in [4.78, 5) is 24.8. The number of unbranched alkanes of at least 4 members (excludes halogenated alkanes) is 1. The lowest BCUT2D eigenvalue weighted by Gasteiger charge is -2.15. The van der Waals surface area contributed by atoms with E-state index < -0.39 is 16.1 Å². The number of primary amides is 1. The third kappa shape index (κ3) is 3.60. The standard InChI is InChI=1S/C18H21N3O5S/c1-2-21-14-8-9-15(12-6-5-7-13(16(12)14)17(21)22)27(24,25)20-10-3-4-11-26-18(19)23/h5-9,20H,2-4,10-11H2,1H3,(H2,19,23). The van der Waals surface area contributed by atoms with Crippen LogP contribution in [0.4, 0.5) is 10.5 Å². The van der Waals surface area contributed by atoms with E-state index in [4.69, 9.17) is 5.73 Å². The van der Waals surface area contributed by atoms with Crippen molar-refractivity contribution in [3.05, 3.63) is 35.9 Å². The van der Waals surface area contributed by atoms with Gasteiger partial charge in [-0.15, -0.1) is 0 Å². The molecule has 9 heteroatoms. The van der Waals surface area contributed by atoms with Gasteiger partial charge in [0.15, 0.2) is 0 Å². The highest BCUT2D eigenvalue weighted by atomic mass is 32.2. The summed E-state index contributed by atoms with van der Waals surface area (Å²) in [7, 11) is -3.75. The molecule has 0 saturated heterocycles. The number of hydrogen-bond acceptors (Lipinski definition) is 5. The van der Waals surface area contributed by atoms with Gasteiger partial charge in [-0.3, -0.25) is 4.79 Å². The molecule has 0 atom stereocenters. The lowest BCUT2D eigenvalue weighted by Crippen LogP contribution is -2.26. The molecule has 0 unspecified atom stereocenters. The van der Waals surface area contributed by atoms with Crippen LogP contribution in [0.1, 0.15) is 30.1 Å². The molecule has 1 heterocycles. The van der Waals surface area contributed by atoms with Crippen molar-refractivity contribution in [1.82, 2.24) is 4.72 Å². The summed E-state index contributed by atoms with van der Waals surface area (Å²) < 4.78 is 32.7. The number of sulfonamides is 1. The number of carbonyl (C=O) groups excluding carboxylic acids is 2. The molecule has 2 amide bonds. The van der Waals surface area contributed by atoms with Crippen LogP contribution in [0.25, 0.3) is 10.8 Å². The molecule has 8 nitrogen and oxygen atoms in total. The van der Waals surface area contributed by atoms with Crippen LogP contribution in [0.5, 0.6) is 0 Å². The fourth-order valence-electron chi connectivity index (χ4n) is 3.25. The lowest BCUT2D eigenvalue weighted by molar-refractivity contribution is 0.0994. The molecule has 3 rings (SSSR count). The van der Waals surface area contributed by atoms with E-state index >= 15 is 0 Å². The zero-order valence-electron chi connectivity index (χ0n) is 14.9. The number of nitrogens with one attached hydrogen (secondary N) is 1. The van der Waals surface area contributed by atoms with E-state index in [-0.39, 0.29) is 24.0 Å². The highest BCUT2D eigenvalue weighted by Gasteiger charge is 2.31. The van der Waals surface area contributed by atoms with Gasteiger partial charge in [0.25, 0.3) is 5.91 Å². The van der Waals surface area contributed by atoms with Gasteiger partial charge in [-0.05, 0) is 38.0 Å². The molecule has 0 saturated carbocycles. The molecule has 0 aliphatic carbocycles. The molecule has 27 heavy (non-hydrogen) atoms. The largest absolute Gasteiger partial charge is 0.450 e. The van der Waals surface area contributed by atoms with Gasteiger partial charge in [-0.25, -0.2) is 17.9 Å². The number of nitrogens with two attached hydrogens (primary N) is 1. The Morgan fingerprint density at radius 3 is 2.70 bits per heavy atom. The van der Waals surface area contributed by atoms with E-state index in [0.717, 1.165) is 5.69 Å². The molecule has 3 N–H and O–H groups in total. The Labute approximate surface area is 157 Å². The molecule has 0 aromatic heterocycles. The Morgan fingerprint density at radius 2 is 2.00 bits per heavy atom. The third-order valence-corrected chi connectivity index (χ3v) is 5.98. The summed E-state index contributed by atoms with van der Waals surface area (Å²) in [5, 5.41) is 1.20. The first-order valence-corrected chi connectivity index (χ1v) is 10.1. The second-order valence-corrected chi connectivity index (χ2v) is 7.87. The van der Waals surface area contributed by atoms with Crippen LogP contribution in [0.3, 0.4) is 0 Å². The van der Waals surface area contributed by atoms with E-state index in [1.54, 1.807) is 29.2 Å². The van der Waals surface area contributed by atoms with Crippen molar-refractivity contribution in [2.45, 2.75) is 24.7 Å². The molecule has 0 spiro atoms. The quantitative estimate of drug-likeness (QED) is 0.667. The first-order chi connectivity index (χ1) is 12.9. The maximum absolute atomic E-state index is 12.7. The van der Waals surface area contributed by atoms with Crippen molar-refractivity contribution in [3.8, 4) is 0 Å². The van der Waals surface area contributed by atoms with Gasteiger partial charge in [0, 0.05) is 29.4 Å². The van der Waals surface area contributed by atoms with Gasteiger partial charge >= 0.3 is 6.09 Å². The van der Waals surface area contributed by atoms with Crippen LogP contribution < -0.4 is 15.4 Å². The summed E-state index contributed by atoms with van der Waals surface area (Å²) in [6.07, 6.45) is 0.143. The van der Waals surface area contributed by atoms with E-state index in [0.29, 0.717) is 35.7 Å². The third-order valence-electron chi connectivity index (χ3n) is 4.46. The maximum atomic E-state index is 12.7. The summed E-state index contributed by atoms with van der Waals surface area (Å²) in [6, 6.07) is 8.33. The first-order valence-electron chi connectivity index (χ1n) is 8.66. The average Bonchev–Trinajstić information content (AvgIpc) is 2.91. The van der Waals surface area contributed by atoms with Crippen molar-refractivity contribution in [2.24, 2.45) is 5.73 Å². The number of ether oxygens (including phenoxy) is 1. The van der Waals surface area contributed by atoms with Gasteiger partial charge in [0.05, 0.1) is 17.2 Å². The number of hydrogen-bond donors (Lipinski definition) is 2. The van der Waals surface area contributed by atoms with Gasteiger partial charge in [0.2, 0.25) is 10.0 Å². The summed E-state index contributed by atoms with van der Waals surface area (Å²) in [5.74, 6) is -0.116. The molecule has 0 bridgehead atoms. The van der Waals surface area contributed by atoms with Gasteiger partial charge in [0.1, 0.15) is 0 Å². The minimum Gasteiger partial charge on any atom is -0.450 e. The molecule has 1 aliphatic rings. The Balaban J connectivity index is 1.82. The van der Waals surface area contributed by atoms with Crippen LogP contribution in [-0.2, 0) is 14.8 Å². The number of amides is 2. The van der Waals surface area contributed by atoms with Gasteiger partial charge in [-0.2, -0.15) is 0 Å². The highest BCUT2D eigenvalue weighted by molar-refractivity contribution is 7.89. The number of benzene rings is 2. The van der Waals surface area contributed by atoms with E-state index in [9.17, 15) is 18.0 Å². The van der Waals surface area contributed by atoms with E-state index in [1.165, 1.54) is 6.07 Å². The minimum absolute atomic E-state index is 0.116. The van der Waals surface area contributed by atoms with Crippen LogP contribution in [0.15, 0.2) is 35.2 Å². The monoisotopic (exact) mass is 391 g/mol. The normalized spacial score (nSPS) is 13.4. The molecule has 0 radical (unpaired) electrons. The Kier molecular flexibility index (Phi) is 5.33. The zero-order chi connectivity index (χ0) is 19.6. The molecule has 2 aromatic carbocycles. The Morgan fingerprint density at radius 1 is 1.22 bits per heavy atom. The van der Waals surface area contributed by atoms with Crippen molar-refractivity contribution >= 4 is 38.5 Å². The number of nitrogens with zero attached hydrogens (tertiary/aromatic N) is 1. The number of carbonyl (C=O) groups is 2. The second kappa shape index (κ2) is 7.53. The molecule has 2 aromatic rings. The van der Waals surface area contributed by atoms with Gasteiger partial charge < -0.3 is 15.4 Å². The van der Waals surface area contributed by atoms with E-state index in [1.807, 2.05) is 6.92 Å². The fourth-order valence-corrected chi connectivity index (χ4v) is 4.53. The molecular formula is C18H21N3O5S. The Bertz CT molecular complexity index is 1000. The zero-order valence-corrected chi connectivity index (χ0v) is 15.7. The van der Waals surface area contributed by atoms with Crippen molar-refractivity contribution < 1.29 is 22.7 Å². The van der Waals surface area contributed by atoms with Crippen molar-refractivity contribution in [3.63, 3.8) is 0 Å². The predicted octanol–water partition coefficient (Wildman–Crippen LogP) is 1.97. The Hall–Kier alpha value is -2.65. The van der Waals surface area contributed by atoms with E-state index in [2.05, 4.69) is 9.46 Å². The average molecular weight is 391 g/mol.